The molecule has 0 aliphatic rings. The third-order valence-electron chi connectivity index (χ3n) is 2.92. The highest BCUT2D eigenvalue weighted by atomic mass is 16.1. The zero-order valence-electron chi connectivity index (χ0n) is 10.7. The molecule has 0 bridgehead atoms. The standard InChI is InChI=1S/C16H13N3O/c20-15-14(12-7-3-1-4-8-12)11-17-16(19-15)18-13-9-5-2-6-10-13/h1-11H,(H2,17,18,19,20). The van der Waals surface area contributed by atoms with Crippen molar-refractivity contribution >= 4 is 11.6 Å². The van der Waals surface area contributed by atoms with Crippen LogP contribution in [0.3, 0.4) is 0 Å². The van der Waals surface area contributed by atoms with Crippen molar-refractivity contribution < 1.29 is 0 Å². The molecule has 3 rings (SSSR count). The second kappa shape index (κ2) is 5.40. The zero-order valence-corrected chi connectivity index (χ0v) is 10.7. The van der Waals surface area contributed by atoms with Gasteiger partial charge >= 0.3 is 0 Å². The molecular weight excluding hydrogens is 250 g/mol. The van der Waals surface area contributed by atoms with E-state index in [1.807, 2.05) is 60.7 Å². The number of nitrogens with zero attached hydrogens (tertiary/aromatic N) is 1. The van der Waals surface area contributed by atoms with E-state index in [1.54, 1.807) is 6.20 Å². The number of aromatic amines is 1. The van der Waals surface area contributed by atoms with Crippen molar-refractivity contribution in [3.8, 4) is 11.1 Å². The monoisotopic (exact) mass is 263 g/mol. The van der Waals surface area contributed by atoms with Crippen molar-refractivity contribution in [2.75, 3.05) is 5.32 Å². The van der Waals surface area contributed by atoms with Gasteiger partial charge in [-0.05, 0) is 17.7 Å². The first kappa shape index (κ1) is 12.2. The van der Waals surface area contributed by atoms with E-state index in [1.165, 1.54) is 0 Å². The van der Waals surface area contributed by atoms with Gasteiger partial charge in [-0.15, -0.1) is 0 Å². The molecule has 1 heterocycles. The summed E-state index contributed by atoms with van der Waals surface area (Å²) in [5.41, 5.74) is 2.13. The van der Waals surface area contributed by atoms with E-state index >= 15 is 0 Å². The van der Waals surface area contributed by atoms with Crippen LogP contribution in [0.1, 0.15) is 0 Å². The molecule has 0 spiro atoms. The number of benzene rings is 2. The second-order valence-electron chi connectivity index (χ2n) is 4.33. The Balaban J connectivity index is 1.91. The minimum absolute atomic E-state index is 0.162. The number of H-pyrrole nitrogens is 1. The van der Waals surface area contributed by atoms with Crippen LogP contribution >= 0.6 is 0 Å². The lowest BCUT2D eigenvalue weighted by molar-refractivity contribution is 1.12. The van der Waals surface area contributed by atoms with Gasteiger partial charge in [0.2, 0.25) is 5.95 Å². The first-order valence-electron chi connectivity index (χ1n) is 6.30. The maximum atomic E-state index is 12.1. The van der Waals surface area contributed by atoms with Gasteiger partial charge in [-0.1, -0.05) is 48.5 Å². The molecule has 0 radical (unpaired) electrons. The molecule has 98 valence electrons. The summed E-state index contributed by atoms with van der Waals surface area (Å²) < 4.78 is 0. The molecule has 2 N–H and O–H groups in total. The van der Waals surface area contributed by atoms with Crippen LogP contribution in [-0.2, 0) is 0 Å². The number of hydrogen-bond acceptors (Lipinski definition) is 3. The van der Waals surface area contributed by atoms with E-state index in [9.17, 15) is 4.79 Å². The minimum atomic E-state index is -0.162. The van der Waals surface area contributed by atoms with E-state index in [-0.39, 0.29) is 5.56 Å². The number of nitrogens with one attached hydrogen (secondary N) is 2. The Bertz CT molecular complexity index is 751. The van der Waals surface area contributed by atoms with Crippen molar-refractivity contribution in [3.63, 3.8) is 0 Å². The first-order chi connectivity index (χ1) is 9.83. The predicted octanol–water partition coefficient (Wildman–Crippen LogP) is 3.18. The topological polar surface area (TPSA) is 57.8 Å². The van der Waals surface area contributed by atoms with Gasteiger partial charge in [0.1, 0.15) is 0 Å². The molecule has 0 saturated heterocycles. The number of hydrogen-bond donors (Lipinski definition) is 2. The lowest BCUT2D eigenvalue weighted by Crippen LogP contribution is -2.12. The van der Waals surface area contributed by atoms with Crippen molar-refractivity contribution in [3.05, 3.63) is 77.2 Å². The van der Waals surface area contributed by atoms with Crippen molar-refractivity contribution in [2.24, 2.45) is 0 Å². The Morgan fingerprint density at radius 1 is 0.900 bits per heavy atom. The number of anilines is 2. The average molecular weight is 263 g/mol. The normalized spacial score (nSPS) is 10.2. The Labute approximate surface area is 116 Å². The fourth-order valence-corrected chi connectivity index (χ4v) is 1.94. The molecule has 3 aromatic rings. The SMILES string of the molecule is O=c1[nH]c(Nc2ccccc2)ncc1-c1ccccc1. The van der Waals surface area contributed by atoms with Gasteiger partial charge in [-0.25, -0.2) is 4.98 Å². The van der Waals surface area contributed by atoms with E-state index < -0.39 is 0 Å². The first-order valence-corrected chi connectivity index (χ1v) is 6.30. The third kappa shape index (κ3) is 2.59. The lowest BCUT2D eigenvalue weighted by Gasteiger charge is -2.06. The summed E-state index contributed by atoms with van der Waals surface area (Å²) in [7, 11) is 0. The van der Waals surface area contributed by atoms with Crippen LogP contribution in [0.2, 0.25) is 0 Å². The summed E-state index contributed by atoms with van der Waals surface area (Å²) >= 11 is 0. The molecule has 0 aliphatic carbocycles. The van der Waals surface area contributed by atoms with Gasteiger partial charge in [0, 0.05) is 11.9 Å². The molecule has 0 atom stereocenters. The number of para-hydroxylation sites is 1. The quantitative estimate of drug-likeness (QED) is 0.763. The molecule has 0 saturated carbocycles. The molecule has 4 heteroatoms. The van der Waals surface area contributed by atoms with Gasteiger partial charge < -0.3 is 5.32 Å². The van der Waals surface area contributed by atoms with Crippen molar-refractivity contribution in [1.82, 2.24) is 9.97 Å². The van der Waals surface area contributed by atoms with Gasteiger partial charge in [0.15, 0.2) is 0 Å². The maximum Gasteiger partial charge on any atom is 0.260 e. The van der Waals surface area contributed by atoms with E-state index in [0.29, 0.717) is 11.5 Å². The van der Waals surface area contributed by atoms with Crippen LogP contribution in [-0.4, -0.2) is 9.97 Å². The molecular formula is C16H13N3O. The lowest BCUT2D eigenvalue weighted by atomic mass is 10.1. The van der Waals surface area contributed by atoms with Crippen molar-refractivity contribution in [1.29, 1.82) is 0 Å². The molecule has 1 aromatic heterocycles. The Kier molecular flexibility index (Phi) is 3.29. The highest BCUT2D eigenvalue weighted by molar-refractivity contribution is 5.62. The summed E-state index contributed by atoms with van der Waals surface area (Å²) in [6.07, 6.45) is 1.58. The third-order valence-corrected chi connectivity index (χ3v) is 2.92. The van der Waals surface area contributed by atoms with E-state index in [2.05, 4.69) is 15.3 Å². The summed E-state index contributed by atoms with van der Waals surface area (Å²) in [4.78, 5) is 19.1. The molecule has 20 heavy (non-hydrogen) atoms. The summed E-state index contributed by atoms with van der Waals surface area (Å²) in [6.45, 7) is 0. The highest BCUT2D eigenvalue weighted by Crippen LogP contribution is 2.15. The Morgan fingerprint density at radius 3 is 2.20 bits per heavy atom. The Hall–Kier alpha value is -2.88. The molecule has 2 aromatic carbocycles. The van der Waals surface area contributed by atoms with Gasteiger partial charge in [0.05, 0.1) is 5.56 Å². The van der Waals surface area contributed by atoms with Gasteiger partial charge in [-0.3, -0.25) is 9.78 Å². The molecule has 0 unspecified atom stereocenters. The highest BCUT2D eigenvalue weighted by Gasteiger charge is 2.04. The Morgan fingerprint density at radius 2 is 1.55 bits per heavy atom. The smallest absolute Gasteiger partial charge is 0.260 e. The summed E-state index contributed by atoms with van der Waals surface area (Å²) in [5, 5.41) is 3.06. The van der Waals surface area contributed by atoms with Crippen LogP contribution in [0, 0.1) is 0 Å². The largest absolute Gasteiger partial charge is 0.326 e. The predicted molar refractivity (Wildman–Crippen MR) is 80.0 cm³/mol. The van der Waals surface area contributed by atoms with Crippen molar-refractivity contribution in [2.45, 2.75) is 0 Å². The molecule has 0 aliphatic heterocycles. The number of rotatable bonds is 3. The van der Waals surface area contributed by atoms with Crippen LogP contribution in [0.4, 0.5) is 11.6 Å². The minimum Gasteiger partial charge on any atom is -0.326 e. The number of aromatic nitrogens is 2. The second-order valence-corrected chi connectivity index (χ2v) is 4.33. The molecule has 0 fully saturated rings. The zero-order chi connectivity index (χ0) is 13.8. The fourth-order valence-electron chi connectivity index (χ4n) is 1.94. The van der Waals surface area contributed by atoms with E-state index in [4.69, 9.17) is 0 Å². The van der Waals surface area contributed by atoms with Crippen LogP contribution in [0.15, 0.2) is 71.7 Å². The van der Waals surface area contributed by atoms with Gasteiger partial charge in [0.25, 0.3) is 5.56 Å². The van der Waals surface area contributed by atoms with Crippen LogP contribution < -0.4 is 10.9 Å². The average Bonchev–Trinajstić information content (AvgIpc) is 2.49. The summed E-state index contributed by atoms with van der Waals surface area (Å²) in [6, 6.07) is 19.0. The van der Waals surface area contributed by atoms with Crippen LogP contribution in [0.25, 0.3) is 11.1 Å². The maximum absolute atomic E-state index is 12.1. The molecule has 0 amide bonds. The van der Waals surface area contributed by atoms with Crippen LogP contribution in [0.5, 0.6) is 0 Å². The fraction of sp³-hybridized carbons (Fsp3) is 0. The molecule has 4 nitrogen and oxygen atoms in total. The van der Waals surface area contributed by atoms with Gasteiger partial charge in [-0.2, -0.15) is 0 Å². The summed E-state index contributed by atoms with van der Waals surface area (Å²) in [5.74, 6) is 0.431. The van der Waals surface area contributed by atoms with E-state index in [0.717, 1.165) is 11.3 Å².